The van der Waals surface area contributed by atoms with E-state index in [1.807, 2.05) is 35.2 Å². The van der Waals surface area contributed by atoms with Crippen molar-refractivity contribution in [3.05, 3.63) is 82.9 Å². The maximum absolute atomic E-state index is 13.9. The number of benzene rings is 1. The van der Waals surface area contributed by atoms with Gasteiger partial charge in [-0.1, -0.05) is 29.8 Å². The summed E-state index contributed by atoms with van der Waals surface area (Å²) < 4.78 is 26.7. The van der Waals surface area contributed by atoms with Gasteiger partial charge in [-0.05, 0) is 61.4 Å². The van der Waals surface area contributed by atoms with E-state index in [9.17, 15) is 18.4 Å². The summed E-state index contributed by atoms with van der Waals surface area (Å²) in [7, 11) is 0. The molecule has 1 N–H and O–H groups in total. The second-order valence-electron chi connectivity index (χ2n) is 10.7. The highest BCUT2D eigenvalue weighted by Crippen LogP contribution is 2.49. The summed E-state index contributed by atoms with van der Waals surface area (Å²) in [5.74, 6) is -0.151. The summed E-state index contributed by atoms with van der Waals surface area (Å²) in [6.07, 6.45) is 4.84. The van der Waals surface area contributed by atoms with Crippen molar-refractivity contribution in [2.24, 2.45) is 5.92 Å². The fourth-order valence-corrected chi connectivity index (χ4v) is 6.40. The van der Waals surface area contributed by atoms with Crippen LogP contribution in [0, 0.1) is 5.92 Å². The van der Waals surface area contributed by atoms with Gasteiger partial charge in [-0.15, -0.1) is 0 Å². The summed E-state index contributed by atoms with van der Waals surface area (Å²) in [6, 6.07) is 13.1. The molecule has 4 heterocycles. The summed E-state index contributed by atoms with van der Waals surface area (Å²) >= 11 is 5.91. The molecule has 1 saturated heterocycles. The van der Waals surface area contributed by atoms with E-state index >= 15 is 0 Å². The van der Waals surface area contributed by atoms with Gasteiger partial charge in [0.05, 0.1) is 10.6 Å². The van der Waals surface area contributed by atoms with Gasteiger partial charge < -0.3 is 15.1 Å². The molecule has 1 saturated carbocycles. The lowest BCUT2D eigenvalue weighted by Gasteiger charge is -2.48. The lowest BCUT2D eigenvalue weighted by molar-refractivity contribution is -0.124. The maximum atomic E-state index is 13.9. The van der Waals surface area contributed by atoms with Crippen LogP contribution in [0.3, 0.4) is 0 Å². The van der Waals surface area contributed by atoms with Crippen LogP contribution in [0.4, 0.5) is 20.2 Å². The molecule has 1 aliphatic carbocycles. The number of fused-ring (bicyclic) bond motifs is 2. The Labute approximate surface area is 230 Å². The first-order chi connectivity index (χ1) is 18.9. The van der Waals surface area contributed by atoms with Crippen molar-refractivity contribution < 1.29 is 18.4 Å². The standard InChI is InChI=1S/C29H28ClF2N5O2/c30-19-13-22(25(26(31)32)34-14-19)27(38)35-20-7-5-18(6-8-20)15-37-24-4-2-1-3-23(24)29(28(37)39)16-36(17-29)21-9-11-33-12-10-21/h1-4,9-14,18,20,26H,5-8,15-17H2,(H,35,38). The van der Waals surface area contributed by atoms with E-state index in [2.05, 4.69) is 26.3 Å². The van der Waals surface area contributed by atoms with E-state index in [1.54, 1.807) is 12.4 Å². The maximum Gasteiger partial charge on any atom is 0.281 e. The summed E-state index contributed by atoms with van der Waals surface area (Å²) in [5, 5.41) is 3.02. The number of para-hydroxylation sites is 1. The summed E-state index contributed by atoms with van der Waals surface area (Å²) in [4.78, 5) is 38.5. The minimum absolute atomic E-state index is 0.133. The molecule has 3 aromatic rings. The van der Waals surface area contributed by atoms with Crippen LogP contribution < -0.4 is 15.1 Å². The molecular formula is C29H28ClF2N5O2. The van der Waals surface area contributed by atoms with Crippen molar-refractivity contribution in [3.63, 3.8) is 0 Å². The Balaban J connectivity index is 1.09. The molecule has 2 fully saturated rings. The van der Waals surface area contributed by atoms with Crippen LogP contribution in [0.2, 0.25) is 5.02 Å². The second-order valence-corrected chi connectivity index (χ2v) is 11.1. The van der Waals surface area contributed by atoms with Gasteiger partial charge in [0.2, 0.25) is 5.91 Å². The average Bonchev–Trinajstić information content (AvgIpc) is 3.17. The molecule has 3 aliphatic rings. The highest BCUT2D eigenvalue weighted by molar-refractivity contribution is 6.30. The van der Waals surface area contributed by atoms with Gasteiger partial charge in [0.15, 0.2) is 0 Å². The smallest absolute Gasteiger partial charge is 0.281 e. The lowest BCUT2D eigenvalue weighted by Crippen LogP contribution is -2.64. The summed E-state index contributed by atoms with van der Waals surface area (Å²) in [6.45, 7) is 1.91. The number of aromatic nitrogens is 2. The molecule has 1 spiro atoms. The number of rotatable bonds is 6. The normalized spacial score (nSPS) is 21.7. The number of nitrogens with zero attached hydrogens (tertiary/aromatic N) is 4. The topological polar surface area (TPSA) is 78.4 Å². The van der Waals surface area contributed by atoms with E-state index in [0.717, 1.165) is 36.0 Å². The van der Waals surface area contributed by atoms with Crippen LogP contribution in [0.15, 0.2) is 61.1 Å². The first-order valence-corrected chi connectivity index (χ1v) is 13.5. The number of amides is 2. The number of alkyl halides is 2. The molecule has 0 radical (unpaired) electrons. The highest BCUT2D eigenvalue weighted by Gasteiger charge is 2.58. The van der Waals surface area contributed by atoms with E-state index in [1.165, 1.54) is 6.07 Å². The number of halogens is 3. The van der Waals surface area contributed by atoms with E-state index in [-0.39, 0.29) is 28.5 Å². The van der Waals surface area contributed by atoms with Crippen molar-refractivity contribution in [1.29, 1.82) is 0 Å². The van der Waals surface area contributed by atoms with Crippen molar-refractivity contribution >= 4 is 34.8 Å². The van der Waals surface area contributed by atoms with Gasteiger partial charge >= 0.3 is 0 Å². The minimum Gasteiger partial charge on any atom is -0.368 e. The first-order valence-electron chi connectivity index (χ1n) is 13.2. The number of anilines is 2. The fourth-order valence-electron chi connectivity index (χ4n) is 6.24. The molecule has 0 unspecified atom stereocenters. The molecule has 6 rings (SSSR count). The van der Waals surface area contributed by atoms with Gasteiger partial charge in [-0.25, -0.2) is 8.78 Å². The Morgan fingerprint density at radius 2 is 1.82 bits per heavy atom. The number of nitrogens with one attached hydrogen (secondary N) is 1. The molecule has 202 valence electrons. The van der Waals surface area contributed by atoms with Gasteiger partial charge in [-0.2, -0.15) is 0 Å². The quantitative estimate of drug-likeness (QED) is 0.458. The number of pyridine rings is 2. The molecule has 7 nitrogen and oxygen atoms in total. The van der Waals surface area contributed by atoms with Gasteiger partial charge in [0.25, 0.3) is 12.3 Å². The van der Waals surface area contributed by atoms with Crippen molar-refractivity contribution in [1.82, 2.24) is 15.3 Å². The van der Waals surface area contributed by atoms with Crippen LogP contribution in [-0.4, -0.2) is 47.5 Å². The predicted molar refractivity (Wildman–Crippen MR) is 144 cm³/mol. The van der Waals surface area contributed by atoms with Crippen molar-refractivity contribution in [2.75, 3.05) is 29.4 Å². The van der Waals surface area contributed by atoms with Crippen molar-refractivity contribution in [2.45, 2.75) is 43.6 Å². The average molecular weight is 552 g/mol. The third-order valence-corrected chi connectivity index (χ3v) is 8.48. The Hall–Kier alpha value is -3.59. The number of hydrogen-bond donors (Lipinski definition) is 1. The number of hydrogen-bond acceptors (Lipinski definition) is 5. The SMILES string of the molecule is O=C(NC1CCC(CN2C(=O)C3(CN(c4ccncc4)C3)c3ccccc32)CC1)c1cc(Cl)cnc1C(F)F. The van der Waals surface area contributed by atoms with E-state index in [4.69, 9.17) is 11.6 Å². The third kappa shape index (κ3) is 4.62. The Bertz CT molecular complexity index is 1390. The lowest BCUT2D eigenvalue weighted by atomic mass is 9.74. The van der Waals surface area contributed by atoms with Crippen LogP contribution >= 0.6 is 11.6 Å². The molecule has 2 aliphatic heterocycles. The number of carbonyl (C=O) groups excluding carboxylic acids is 2. The Morgan fingerprint density at radius 3 is 2.54 bits per heavy atom. The molecule has 2 aromatic heterocycles. The highest BCUT2D eigenvalue weighted by atomic mass is 35.5. The van der Waals surface area contributed by atoms with E-state index in [0.29, 0.717) is 32.5 Å². The number of carbonyl (C=O) groups is 2. The predicted octanol–water partition coefficient (Wildman–Crippen LogP) is 5.16. The molecular weight excluding hydrogens is 524 g/mol. The van der Waals surface area contributed by atoms with Crippen LogP contribution in [0.25, 0.3) is 0 Å². The van der Waals surface area contributed by atoms with E-state index < -0.39 is 23.4 Å². The molecule has 2 amide bonds. The van der Waals surface area contributed by atoms with Crippen LogP contribution in [0.5, 0.6) is 0 Å². The molecule has 0 atom stereocenters. The molecule has 10 heteroatoms. The molecule has 1 aromatic carbocycles. The Kier molecular flexibility index (Phi) is 6.71. The van der Waals surface area contributed by atoms with Gasteiger partial charge in [-0.3, -0.25) is 19.6 Å². The van der Waals surface area contributed by atoms with Crippen LogP contribution in [0.1, 0.15) is 53.7 Å². The third-order valence-electron chi connectivity index (χ3n) is 8.27. The summed E-state index contributed by atoms with van der Waals surface area (Å²) in [5.41, 5.74) is 1.86. The minimum atomic E-state index is -2.87. The van der Waals surface area contributed by atoms with Gasteiger partial charge in [0, 0.05) is 55.6 Å². The van der Waals surface area contributed by atoms with Crippen molar-refractivity contribution in [3.8, 4) is 0 Å². The molecule has 39 heavy (non-hydrogen) atoms. The zero-order chi connectivity index (χ0) is 27.1. The molecule has 0 bridgehead atoms. The monoisotopic (exact) mass is 551 g/mol. The Morgan fingerprint density at radius 1 is 1.10 bits per heavy atom. The fraction of sp³-hybridized carbons (Fsp3) is 0.379. The van der Waals surface area contributed by atoms with Crippen LogP contribution in [-0.2, 0) is 10.2 Å². The zero-order valence-corrected chi connectivity index (χ0v) is 22.0. The first kappa shape index (κ1) is 25.7. The van der Waals surface area contributed by atoms with Gasteiger partial charge in [0.1, 0.15) is 11.1 Å². The largest absolute Gasteiger partial charge is 0.368 e. The zero-order valence-electron chi connectivity index (χ0n) is 21.2. The second kappa shape index (κ2) is 10.2.